The Kier molecular flexibility index (Phi) is 5.90. The summed E-state index contributed by atoms with van der Waals surface area (Å²) in [5.41, 5.74) is 2.66. The molecule has 0 aliphatic rings. The van der Waals surface area contributed by atoms with Crippen LogP contribution in [0, 0.1) is 6.92 Å². The molecule has 3 rings (SSSR count). The van der Waals surface area contributed by atoms with Crippen molar-refractivity contribution < 1.29 is 14.3 Å². The fraction of sp³-hybridized carbons (Fsp3) is 0.263. The first-order chi connectivity index (χ1) is 12.6. The molecule has 0 atom stereocenters. The number of anilines is 1. The molecule has 1 N–H and O–H groups in total. The van der Waals surface area contributed by atoms with E-state index in [1.54, 1.807) is 25.4 Å². The minimum atomic E-state index is -0.115. The number of pyridine rings is 1. The molecule has 0 aliphatic heterocycles. The van der Waals surface area contributed by atoms with Gasteiger partial charge in [0.2, 0.25) is 11.8 Å². The van der Waals surface area contributed by atoms with Crippen LogP contribution in [0.25, 0.3) is 10.9 Å². The molecule has 0 unspecified atom stereocenters. The molecule has 1 amide bonds. The van der Waals surface area contributed by atoms with Gasteiger partial charge in [0.1, 0.15) is 13.2 Å². The van der Waals surface area contributed by atoms with Crippen LogP contribution in [0.4, 0.5) is 5.69 Å². The number of benzene rings is 1. The van der Waals surface area contributed by atoms with Crippen molar-refractivity contribution in [3.05, 3.63) is 52.8 Å². The van der Waals surface area contributed by atoms with E-state index in [4.69, 9.17) is 9.47 Å². The normalized spacial score (nSPS) is 10.9. The van der Waals surface area contributed by atoms with Crippen LogP contribution in [0.3, 0.4) is 0 Å². The number of para-hydroxylation sites is 1. The van der Waals surface area contributed by atoms with Crippen LogP contribution in [0.1, 0.15) is 5.69 Å². The van der Waals surface area contributed by atoms with E-state index in [0.29, 0.717) is 24.8 Å². The molecule has 0 saturated carbocycles. The summed E-state index contributed by atoms with van der Waals surface area (Å²) in [6.45, 7) is 3.15. The maximum atomic E-state index is 12.5. The van der Waals surface area contributed by atoms with Crippen LogP contribution in [0.15, 0.2) is 47.1 Å². The predicted molar refractivity (Wildman–Crippen MR) is 105 cm³/mol. The quantitative estimate of drug-likeness (QED) is 0.594. The van der Waals surface area contributed by atoms with Crippen LogP contribution in [0.2, 0.25) is 0 Å². The number of amides is 1. The summed E-state index contributed by atoms with van der Waals surface area (Å²) in [7, 11) is 1.61. The van der Waals surface area contributed by atoms with Crippen molar-refractivity contribution >= 4 is 38.4 Å². The largest absolute Gasteiger partial charge is 0.475 e. The number of rotatable bonds is 7. The summed E-state index contributed by atoms with van der Waals surface area (Å²) in [4.78, 5) is 16.6. The number of hydrogen-bond acceptors (Lipinski definition) is 4. The molecule has 1 aromatic carbocycles. The maximum Gasteiger partial charge on any atom is 0.244 e. The monoisotopic (exact) mass is 417 g/mol. The number of fused-ring (bicyclic) bond motifs is 1. The number of hydrogen-bond donors (Lipinski definition) is 1. The number of carbonyl (C=O) groups is 1. The molecule has 0 fully saturated rings. The Balaban J connectivity index is 1.67. The van der Waals surface area contributed by atoms with Crippen LogP contribution in [0.5, 0.6) is 5.88 Å². The fourth-order valence-electron chi connectivity index (χ4n) is 2.71. The van der Waals surface area contributed by atoms with Gasteiger partial charge in [0.15, 0.2) is 0 Å². The van der Waals surface area contributed by atoms with Crippen molar-refractivity contribution in [2.75, 3.05) is 25.6 Å². The molecular formula is C19H20BrN3O3. The minimum Gasteiger partial charge on any atom is -0.475 e. The zero-order chi connectivity index (χ0) is 18.5. The smallest absolute Gasteiger partial charge is 0.244 e. The fourth-order valence-corrected chi connectivity index (χ4v) is 3.26. The molecule has 136 valence electrons. The van der Waals surface area contributed by atoms with Gasteiger partial charge >= 0.3 is 0 Å². The average Bonchev–Trinajstić information content (AvgIpc) is 2.89. The van der Waals surface area contributed by atoms with E-state index in [-0.39, 0.29) is 12.5 Å². The summed E-state index contributed by atoms with van der Waals surface area (Å²) < 4.78 is 13.3. The molecular weight excluding hydrogens is 398 g/mol. The summed E-state index contributed by atoms with van der Waals surface area (Å²) in [6.07, 6.45) is 1.58. The second-order valence-corrected chi connectivity index (χ2v) is 6.57. The Morgan fingerprint density at radius 1 is 1.23 bits per heavy atom. The van der Waals surface area contributed by atoms with Crippen LogP contribution >= 0.6 is 15.9 Å². The second-order valence-electron chi connectivity index (χ2n) is 5.78. The van der Waals surface area contributed by atoms with Crippen molar-refractivity contribution in [1.82, 2.24) is 9.55 Å². The van der Waals surface area contributed by atoms with Gasteiger partial charge in [-0.3, -0.25) is 4.79 Å². The van der Waals surface area contributed by atoms with Gasteiger partial charge in [0, 0.05) is 34.2 Å². The van der Waals surface area contributed by atoms with Gasteiger partial charge in [-0.15, -0.1) is 0 Å². The number of carbonyl (C=O) groups excluding carboxylic acids is 1. The second kappa shape index (κ2) is 8.33. The summed E-state index contributed by atoms with van der Waals surface area (Å²) in [5, 5.41) is 3.96. The average molecular weight is 418 g/mol. The molecule has 3 aromatic rings. The van der Waals surface area contributed by atoms with Crippen molar-refractivity contribution in [2.24, 2.45) is 0 Å². The summed E-state index contributed by atoms with van der Waals surface area (Å²) in [6, 6.07) is 11.5. The predicted octanol–water partition coefficient (Wildman–Crippen LogP) is 3.77. The third kappa shape index (κ3) is 4.05. The molecule has 6 nitrogen and oxygen atoms in total. The zero-order valence-corrected chi connectivity index (χ0v) is 16.2. The summed E-state index contributed by atoms with van der Waals surface area (Å²) >= 11 is 3.61. The summed E-state index contributed by atoms with van der Waals surface area (Å²) in [5.74, 6) is 0.382. The molecule has 26 heavy (non-hydrogen) atoms. The highest BCUT2D eigenvalue weighted by Gasteiger charge is 2.14. The van der Waals surface area contributed by atoms with Gasteiger partial charge in [0.25, 0.3) is 0 Å². The topological polar surface area (TPSA) is 65.4 Å². The lowest BCUT2D eigenvalue weighted by molar-refractivity contribution is -0.116. The van der Waals surface area contributed by atoms with Gasteiger partial charge in [-0.05, 0) is 35.0 Å². The highest BCUT2D eigenvalue weighted by molar-refractivity contribution is 9.10. The number of ether oxygens (including phenoxy) is 2. The van der Waals surface area contributed by atoms with Gasteiger partial charge in [-0.1, -0.05) is 18.2 Å². The number of halogens is 1. The van der Waals surface area contributed by atoms with E-state index < -0.39 is 0 Å². The Hall–Kier alpha value is -2.38. The third-order valence-electron chi connectivity index (χ3n) is 4.01. The molecule has 7 heteroatoms. The first kappa shape index (κ1) is 18.4. The van der Waals surface area contributed by atoms with Gasteiger partial charge in [-0.25, -0.2) is 4.98 Å². The van der Waals surface area contributed by atoms with E-state index in [2.05, 4.69) is 26.2 Å². The van der Waals surface area contributed by atoms with Crippen LogP contribution in [-0.2, 0) is 16.1 Å². The SMILES string of the molecule is COCCOc1ccc(NC(=O)Cn2c(C)c(Br)c3ccccc32)cn1. The standard InChI is InChI=1S/C19H20BrN3O3/c1-13-19(20)15-5-3-4-6-16(15)23(13)12-17(24)22-14-7-8-18(21-11-14)26-10-9-25-2/h3-8,11H,9-10,12H2,1-2H3,(H,22,24). The maximum absolute atomic E-state index is 12.5. The first-order valence-electron chi connectivity index (χ1n) is 8.21. The van der Waals surface area contributed by atoms with E-state index in [1.165, 1.54) is 0 Å². The lowest BCUT2D eigenvalue weighted by atomic mass is 10.2. The molecule has 0 saturated heterocycles. The zero-order valence-electron chi connectivity index (χ0n) is 14.7. The highest BCUT2D eigenvalue weighted by atomic mass is 79.9. The lowest BCUT2D eigenvalue weighted by Crippen LogP contribution is -2.19. The van der Waals surface area contributed by atoms with E-state index in [9.17, 15) is 4.79 Å². The van der Waals surface area contributed by atoms with Gasteiger partial charge in [-0.2, -0.15) is 0 Å². The van der Waals surface area contributed by atoms with E-state index in [0.717, 1.165) is 21.1 Å². The molecule has 0 aliphatic carbocycles. The molecule has 0 radical (unpaired) electrons. The molecule has 2 heterocycles. The molecule has 0 bridgehead atoms. The number of nitrogens with one attached hydrogen (secondary N) is 1. The van der Waals surface area contributed by atoms with Crippen LogP contribution < -0.4 is 10.1 Å². The van der Waals surface area contributed by atoms with Crippen molar-refractivity contribution in [1.29, 1.82) is 0 Å². The Labute approximate surface area is 160 Å². The Morgan fingerprint density at radius 3 is 2.77 bits per heavy atom. The molecule has 2 aromatic heterocycles. The Bertz CT molecular complexity index is 906. The first-order valence-corrected chi connectivity index (χ1v) is 9.00. The molecule has 0 spiro atoms. The Morgan fingerprint density at radius 2 is 2.04 bits per heavy atom. The van der Waals surface area contributed by atoms with Crippen molar-refractivity contribution in [3.63, 3.8) is 0 Å². The number of nitrogens with zero attached hydrogens (tertiary/aromatic N) is 2. The van der Waals surface area contributed by atoms with Crippen LogP contribution in [-0.4, -0.2) is 35.8 Å². The van der Waals surface area contributed by atoms with Gasteiger partial charge in [0.05, 0.1) is 18.5 Å². The van der Waals surface area contributed by atoms with Crippen molar-refractivity contribution in [2.45, 2.75) is 13.5 Å². The highest BCUT2D eigenvalue weighted by Crippen LogP contribution is 2.30. The van der Waals surface area contributed by atoms with E-state index in [1.807, 2.05) is 35.8 Å². The third-order valence-corrected chi connectivity index (χ3v) is 5.01. The number of methoxy groups -OCH3 is 1. The van der Waals surface area contributed by atoms with E-state index >= 15 is 0 Å². The lowest BCUT2D eigenvalue weighted by Gasteiger charge is -2.10. The minimum absolute atomic E-state index is 0.115. The van der Waals surface area contributed by atoms with Gasteiger partial charge < -0.3 is 19.4 Å². The van der Waals surface area contributed by atoms with Crippen molar-refractivity contribution in [3.8, 4) is 5.88 Å². The number of aromatic nitrogens is 2.